The van der Waals surface area contributed by atoms with Gasteiger partial charge < -0.3 is 14.4 Å². The average Bonchev–Trinajstić information content (AvgIpc) is 3.11. The molecule has 0 saturated heterocycles. The van der Waals surface area contributed by atoms with Gasteiger partial charge in [-0.3, -0.25) is 0 Å². The number of hydrogen-bond donors (Lipinski definition) is 1. The van der Waals surface area contributed by atoms with Crippen molar-refractivity contribution >= 4 is 11.0 Å². The number of aromatic nitrogens is 4. The fraction of sp³-hybridized carbons (Fsp3) is 0.400. The van der Waals surface area contributed by atoms with Gasteiger partial charge in [0.05, 0.1) is 17.4 Å². The van der Waals surface area contributed by atoms with Gasteiger partial charge >= 0.3 is 0 Å². The molecule has 2 aromatic heterocycles. The number of likely N-dealkylation sites (N-methyl/N-ethyl adjacent to an activating group) is 1. The number of benzene rings is 1. The molecule has 0 aliphatic heterocycles. The molecular weight excluding hydrogens is 266 g/mol. The van der Waals surface area contributed by atoms with Crippen LogP contribution < -0.4 is 5.32 Å². The lowest BCUT2D eigenvalue weighted by atomic mass is 10.2. The van der Waals surface area contributed by atoms with Crippen LogP contribution in [-0.4, -0.2) is 32.8 Å². The Labute approximate surface area is 123 Å². The van der Waals surface area contributed by atoms with Crippen molar-refractivity contribution in [1.29, 1.82) is 0 Å². The van der Waals surface area contributed by atoms with Crippen molar-refractivity contribution in [3.63, 3.8) is 0 Å². The minimum atomic E-state index is 0.341. The van der Waals surface area contributed by atoms with Gasteiger partial charge in [0.2, 0.25) is 5.89 Å². The zero-order valence-corrected chi connectivity index (χ0v) is 12.3. The molecule has 3 aromatic rings. The molecule has 21 heavy (non-hydrogen) atoms. The van der Waals surface area contributed by atoms with E-state index < -0.39 is 0 Å². The van der Waals surface area contributed by atoms with Crippen LogP contribution in [0.3, 0.4) is 0 Å². The van der Waals surface area contributed by atoms with E-state index in [1.807, 2.05) is 31.6 Å². The first-order chi connectivity index (χ1) is 10.3. The molecular formula is C15H19N5O. The largest absolute Gasteiger partial charge is 0.339 e. The van der Waals surface area contributed by atoms with Gasteiger partial charge in [-0.15, -0.1) is 0 Å². The fourth-order valence-corrected chi connectivity index (χ4v) is 2.26. The van der Waals surface area contributed by atoms with Crippen molar-refractivity contribution in [3.8, 4) is 0 Å². The van der Waals surface area contributed by atoms with Crippen molar-refractivity contribution in [1.82, 2.24) is 25.0 Å². The number of aryl methyl sites for hydroxylation is 2. The second kappa shape index (κ2) is 6.05. The van der Waals surface area contributed by atoms with Crippen LogP contribution in [0.4, 0.5) is 0 Å². The van der Waals surface area contributed by atoms with Crippen molar-refractivity contribution < 1.29 is 4.52 Å². The van der Waals surface area contributed by atoms with Crippen LogP contribution in [0, 0.1) is 0 Å². The van der Waals surface area contributed by atoms with Crippen LogP contribution in [0.2, 0.25) is 0 Å². The van der Waals surface area contributed by atoms with Gasteiger partial charge in [0.1, 0.15) is 0 Å². The van der Waals surface area contributed by atoms with E-state index in [2.05, 4.69) is 38.0 Å². The molecule has 0 bridgehead atoms. The summed E-state index contributed by atoms with van der Waals surface area (Å²) in [6, 6.07) is 8.43. The summed E-state index contributed by atoms with van der Waals surface area (Å²) in [5, 5.41) is 7.18. The topological polar surface area (TPSA) is 68.8 Å². The van der Waals surface area contributed by atoms with Gasteiger partial charge in [-0.05, 0) is 26.1 Å². The zero-order valence-electron chi connectivity index (χ0n) is 12.3. The second-order valence-electron chi connectivity index (χ2n) is 5.17. The van der Waals surface area contributed by atoms with Crippen molar-refractivity contribution in [2.75, 3.05) is 7.05 Å². The van der Waals surface area contributed by atoms with Gasteiger partial charge in [0, 0.05) is 25.4 Å². The molecule has 110 valence electrons. The van der Waals surface area contributed by atoms with Crippen LogP contribution in [0.25, 0.3) is 11.0 Å². The van der Waals surface area contributed by atoms with Gasteiger partial charge in [-0.2, -0.15) is 4.98 Å². The van der Waals surface area contributed by atoms with E-state index in [-0.39, 0.29) is 0 Å². The molecule has 0 radical (unpaired) electrons. The van der Waals surface area contributed by atoms with Gasteiger partial charge in [-0.25, -0.2) is 4.98 Å². The van der Waals surface area contributed by atoms with Crippen molar-refractivity contribution in [2.45, 2.75) is 32.4 Å². The lowest BCUT2D eigenvalue weighted by molar-refractivity contribution is 0.365. The Balaban J connectivity index is 1.65. The summed E-state index contributed by atoms with van der Waals surface area (Å²) in [6.45, 7) is 2.87. The molecule has 6 nitrogen and oxygen atoms in total. The van der Waals surface area contributed by atoms with E-state index in [4.69, 9.17) is 4.52 Å². The third-order valence-corrected chi connectivity index (χ3v) is 3.59. The van der Waals surface area contributed by atoms with Crippen molar-refractivity contribution in [2.24, 2.45) is 0 Å². The number of imidazole rings is 1. The van der Waals surface area contributed by atoms with E-state index in [9.17, 15) is 0 Å². The predicted molar refractivity (Wildman–Crippen MR) is 80.0 cm³/mol. The summed E-state index contributed by atoms with van der Waals surface area (Å²) >= 11 is 0. The highest BCUT2D eigenvalue weighted by Crippen LogP contribution is 2.12. The third-order valence-electron chi connectivity index (χ3n) is 3.59. The quantitative estimate of drug-likeness (QED) is 0.748. The third kappa shape index (κ3) is 3.11. The van der Waals surface area contributed by atoms with Crippen LogP contribution >= 0.6 is 0 Å². The Kier molecular flexibility index (Phi) is 3.96. The maximum Gasteiger partial charge on any atom is 0.228 e. The summed E-state index contributed by atoms with van der Waals surface area (Å²) in [6.07, 6.45) is 3.33. The summed E-state index contributed by atoms with van der Waals surface area (Å²) < 4.78 is 7.40. The normalized spacial score (nSPS) is 12.9. The van der Waals surface area contributed by atoms with Gasteiger partial charge in [0.25, 0.3) is 0 Å². The Hall–Kier alpha value is -2.21. The Morgan fingerprint density at radius 1 is 1.33 bits per heavy atom. The SMILES string of the molecule is CNC(C)Cc1noc(CCn2cnc3ccccc32)n1. The van der Waals surface area contributed by atoms with Crippen LogP contribution in [0.1, 0.15) is 18.6 Å². The average molecular weight is 285 g/mol. The molecule has 2 heterocycles. The maximum atomic E-state index is 5.30. The second-order valence-corrected chi connectivity index (χ2v) is 5.17. The van der Waals surface area contributed by atoms with Crippen LogP contribution in [0.15, 0.2) is 35.1 Å². The molecule has 0 amide bonds. The Morgan fingerprint density at radius 3 is 3.05 bits per heavy atom. The molecule has 3 rings (SSSR count). The molecule has 0 saturated carbocycles. The molecule has 0 fully saturated rings. The minimum absolute atomic E-state index is 0.341. The Bertz CT molecular complexity index is 718. The molecule has 0 aliphatic carbocycles. The smallest absolute Gasteiger partial charge is 0.228 e. The van der Waals surface area contributed by atoms with Crippen molar-refractivity contribution in [3.05, 3.63) is 42.3 Å². The van der Waals surface area contributed by atoms with E-state index in [1.165, 1.54) is 0 Å². The molecule has 0 aliphatic rings. The zero-order chi connectivity index (χ0) is 14.7. The van der Waals surface area contributed by atoms with Crippen LogP contribution in [0.5, 0.6) is 0 Å². The lowest BCUT2D eigenvalue weighted by Crippen LogP contribution is -2.24. The first-order valence-electron chi connectivity index (χ1n) is 7.15. The van der Waals surface area contributed by atoms with E-state index in [0.717, 1.165) is 29.8 Å². The van der Waals surface area contributed by atoms with Gasteiger partial charge in [-0.1, -0.05) is 17.3 Å². The standard InChI is InChI=1S/C15H19N5O/c1-11(16-2)9-14-18-15(21-19-14)7-8-20-10-17-12-5-3-4-6-13(12)20/h3-6,10-11,16H,7-9H2,1-2H3. The first-order valence-corrected chi connectivity index (χ1v) is 7.15. The number of para-hydroxylation sites is 2. The van der Waals surface area contributed by atoms with E-state index in [0.29, 0.717) is 18.4 Å². The highest BCUT2D eigenvalue weighted by atomic mass is 16.5. The summed E-state index contributed by atoms with van der Waals surface area (Å²) in [7, 11) is 1.93. The van der Waals surface area contributed by atoms with Gasteiger partial charge in [0.15, 0.2) is 5.82 Å². The molecule has 1 N–H and O–H groups in total. The molecule has 0 spiro atoms. The predicted octanol–water partition coefficient (Wildman–Crippen LogP) is 1.81. The monoisotopic (exact) mass is 285 g/mol. The maximum absolute atomic E-state index is 5.30. The molecule has 1 aromatic carbocycles. The van der Waals surface area contributed by atoms with Crippen LogP contribution in [-0.2, 0) is 19.4 Å². The summed E-state index contributed by atoms with van der Waals surface area (Å²) in [4.78, 5) is 8.80. The molecule has 1 atom stereocenters. The van der Waals surface area contributed by atoms with E-state index >= 15 is 0 Å². The minimum Gasteiger partial charge on any atom is -0.339 e. The summed E-state index contributed by atoms with van der Waals surface area (Å²) in [5.41, 5.74) is 2.13. The number of nitrogens with zero attached hydrogens (tertiary/aromatic N) is 4. The highest BCUT2D eigenvalue weighted by molar-refractivity contribution is 5.74. The first kappa shape index (κ1) is 13.8. The van der Waals surface area contributed by atoms with E-state index in [1.54, 1.807) is 0 Å². The number of nitrogens with one attached hydrogen (secondary N) is 1. The molecule has 6 heteroatoms. The fourth-order valence-electron chi connectivity index (χ4n) is 2.26. The summed E-state index contributed by atoms with van der Waals surface area (Å²) in [5.74, 6) is 1.42. The lowest BCUT2D eigenvalue weighted by Gasteiger charge is -2.04. The molecule has 1 unspecified atom stereocenters. The Morgan fingerprint density at radius 2 is 2.19 bits per heavy atom. The number of rotatable bonds is 6. The number of fused-ring (bicyclic) bond motifs is 1. The number of hydrogen-bond acceptors (Lipinski definition) is 5. The highest BCUT2D eigenvalue weighted by Gasteiger charge is 2.10.